The van der Waals surface area contributed by atoms with Gasteiger partial charge >= 0.3 is 5.97 Å². The van der Waals surface area contributed by atoms with Crippen molar-refractivity contribution >= 4 is 34.4 Å². The minimum absolute atomic E-state index is 0.0703. The summed E-state index contributed by atoms with van der Waals surface area (Å²) in [5, 5.41) is 14.1. The van der Waals surface area contributed by atoms with Gasteiger partial charge in [-0.1, -0.05) is 30.3 Å². The molecule has 3 aromatic carbocycles. The van der Waals surface area contributed by atoms with Gasteiger partial charge < -0.3 is 14.8 Å². The molecule has 6 heteroatoms. The van der Waals surface area contributed by atoms with Crippen LogP contribution in [0.1, 0.15) is 22.8 Å². The minimum atomic E-state index is -0.559. The molecule has 0 bridgehead atoms. The first kappa shape index (κ1) is 20.6. The Morgan fingerprint density at radius 3 is 2.47 bits per heavy atom. The van der Waals surface area contributed by atoms with Gasteiger partial charge in [0, 0.05) is 11.3 Å². The molecule has 0 spiro atoms. The van der Waals surface area contributed by atoms with Crippen LogP contribution in [0.3, 0.4) is 0 Å². The Morgan fingerprint density at radius 1 is 1.07 bits per heavy atom. The van der Waals surface area contributed by atoms with E-state index in [0.717, 1.165) is 10.8 Å². The number of anilines is 1. The van der Waals surface area contributed by atoms with E-state index in [-0.39, 0.29) is 12.2 Å². The molecule has 0 aliphatic carbocycles. The summed E-state index contributed by atoms with van der Waals surface area (Å²) in [5.41, 5.74) is 1.42. The van der Waals surface area contributed by atoms with Crippen LogP contribution >= 0.6 is 0 Å². The van der Waals surface area contributed by atoms with Crippen molar-refractivity contribution in [1.82, 2.24) is 0 Å². The van der Waals surface area contributed by atoms with E-state index in [9.17, 15) is 14.9 Å². The lowest BCUT2D eigenvalue weighted by Gasteiger charge is -2.10. The number of carbonyl (C=O) groups is 2. The molecule has 0 aliphatic rings. The van der Waals surface area contributed by atoms with Crippen LogP contribution in [0, 0.1) is 11.3 Å². The number of carbonyl (C=O) groups excluding carboxylic acids is 2. The second-order valence-corrected chi connectivity index (χ2v) is 6.32. The molecule has 0 aromatic heterocycles. The van der Waals surface area contributed by atoms with E-state index in [2.05, 4.69) is 5.32 Å². The number of methoxy groups -OCH3 is 1. The molecule has 3 rings (SSSR count). The maximum absolute atomic E-state index is 12.7. The van der Waals surface area contributed by atoms with Gasteiger partial charge in [0.2, 0.25) is 0 Å². The Morgan fingerprint density at radius 2 is 1.80 bits per heavy atom. The Labute approximate surface area is 174 Å². The normalized spacial score (nSPS) is 10.9. The van der Waals surface area contributed by atoms with Crippen LogP contribution in [0.2, 0.25) is 0 Å². The number of ether oxygens (including phenoxy) is 2. The lowest BCUT2D eigenvalue weighted by atomic mass is 10.0. The van der Waals surface area contributed by atoms with Crippen LogP contribution in [-0.4, -0.2) is 25.6 Å². The third-order valence-electron chi connectivity index (χ3n) is 4.46. The summed E-state index contributed by atoms with van der Waals surface area (Å²) < 4.78 is 10.4. The highest BCUT2D eigenvalue weighted by atomic mass is 16.5. The number of nitrogens with one attached hydrogen (secondary N) is 1. The maximum atomic E-state index is 12.7. The van der Waals surface area contributed by atoms with Gasteiger partial charge in [-0.2, -0.15) is 5.26 Å². The van der Waals surface area contributed by atoms with Crippen molar-refractivity contribution in [1.29, 1.82) is 5.26 Å². The Kier molecular flexibility index (Phi) is 6.46. The molecule has 0 atom stereocenters. The maximum Gasteiger partial charge on any atom is 0.338 e. The van der Waals surface area contributed by atoms with E-state index in [0.29, 0.717) is 22.6 Å². The number of hydrogen-bond donors (Lipinski definition) is 1. The minimum Gasteiger partial charge on any atom is -0.496 e. The molecular weight excluding hydrogens is 380 g/mol. The van der Waals surface area contributed by atoms with Crippen LogP contribution in [0.25, 0.3) is 16.8 Å². The molecule has 0 saturated heterocycles. The standard InChI is InChI=1S/C24H20N2O4/c1-3-30-24(28)17-8-11-19(12-9-17)26-23(27)18(15-25)14-21-20-7-5-4-6-16(20)10-13-22(21)29-2/h4-14H,3H2,1-2H3,(H,26,27)/b18-14+. The fourth-order valence-electron chi connectivity index (χ4n) is 3.00. The number of fused-ring (bicyclic) bond motifs is 1. The number of benzene rings is 3. The third kappa shape index (κ3) is 4.47. The largest absolute Gasteiger partial charge is 0.496 e. The summed E-state index contributed by atoms with van der Waals surface area (Å²) in [6, 6.07) is 19.6. The van der Waals surface area contributed by atoms with E-state index < -0.39 is 11.9 Å². The summed E-state index contributed by atoms with van der Waals surface area (Å²) >= 11 is 0. The van der Waals surface area contributed by atoms with Crippen LogP contribution in [0.4, 0.5) is 5.69 Å². The van der Waals surface area contributed by atoms with E-state index >= 15 is 0 Å². The molecule has 1 amide bonds. The van der Waals surface area contributed by atoms with E-state index in [1.165, 1.54) is 6.08 Å². The summed E-state index contributed by atoms with van der Waals surface area (Å²) in [7, 11) is 1.54. The highest BCUT2D eigenvalue weighted by molar-refractivity contribution is 6.11. The van der Waals surface area contributed by atoms with Crippen molar-refractivity contribution in [3.8, 4) is 11.8 Å². The molecule has 150 valence electrons. The number of nitrogens with zero attached hydrogens (tertiary/aromatic N) is 1. The highest BCUT2D eigenvalue weighted by Gasteiger charge is 2.14. The molecule has 0 saturated carbocycles. The molecule has 0 fully saturated rings. The molecule has 1 N–H and O–H groups in total. The number of nitriles is 1. The number of hydrogen-bond acceptors (Lipinski definition) is 5. The Balaban J connectivity index is 1.89. The topological polar surface area (TPSA) is 88.4 Å². The summed E-state index contributed by atoms with van der Waals surface area (Å²) in [5.74, 6) is -0.430. The molecule has 0 unspecified atom stereocenters. The van der Waals surface area contributed by atoms with Crippen molar-refractivity contribution in [2.45, 2.75) is 6.92 Å². The molecule has 3 aromatic rings. The molecule has 0 aliphatic heterocycles. The molecule has 6 nitrogen and oxygen atoms in total. The van der Waals surface area contributed by atoms with Crippen molar-refractivity contribution in [2.75, 3.05) is 19.0 Å². The van der Waals surface area contributed by atoms with E-state index in [4.69, 9.17) is 9.47 Å². The van der Waals surface area contributed by atoms with Crippen molar-refractivity contribution in [3.63, 3.8) is 0 Å². The molecular formula is C24H20N2O4. The van der Waals surface area contributed by atoms with Crippen molar-refractivity contribution in [3.05, 3.63) is 77.4 Å². The Hall–Kier alpha value is -4.11. The third-order valence-corrected chi connectivity index (χ3v) is 4.46. The van der Waals surface area contributed by atoms with Crippen LogP contribution in [-0.2, 0) is 9.53 Å². The van der Waals surface area contributed by atoms with Gasteiger partial charge in [-0.3, -0.25) is 4.79 Å². The summed E-state index contributed by atoms with van der Waals surface area (Å²) in [6.07, 6.45) is 1.52. The Bertz CT molecular complexity index is 1160. The fourth-order valence-corrected chi connectivity index (χ4v) is 3.00. The van der Waals surface area contributed by atoms with Gasteiger partial charge in [-0.15, -0.1) is 0 Å². The van der Waals surface area contributed by atoms with Gasteiger partial charge in [0.15, 0.2) is 0 Å². The predicted molar refractivity (Wildman–Crippen MR) is 115 cm³/mol. The van der Waals surface area contributed by atoms with Crippen molar-refractivity contribution in [2.24, 2.45) is 0 Å². The second-order valence-electron chi connectivity index (χ2n) is 6.32. The van der Waals surface area contributed by atoms with Gasteiger partial charge in [0.25, 0.3) is 5.91 Å². The first-order valence-electron chi connectivity index (χ1n) is 9.33. The lowest BCUT2D eigenvalue weighted by Crippen LogP contribution is -2.14. The first-order valence-corrected chi connectivity index (χ1v) is 9.33. The smallest absolute Gasteiger partial charge is 0.338 e. The number of amides is 1. The van der Waals surface area contributed by atoms with E-state index in [1.54, 1.807) is 44.4 Å². The molecule has 0 radical (unpaired) electrons. The SMILES string of the molecule is CCOC(=O)c1ccc(NC(=O)/C(C#N)=C/c2c(OC)ccc3ccccc23)cc1. The quantitative estimate of drug-likeness (QED) is 0.372. The van der Waals surface area contributed by atoms with Crippen LogP contribution < -0.4 is 10.1 Å². The first-order chi connectivity index (χ1) is 14.6. The second kappa shape index (κ2) is 9.39. The molecule has 30 heavy (non-hydrogen) atoms. The number of esters is 1. The van der Waals surface area contributed by atoms with Gasteiger partial charge in [0.1, 0.15) is 17.4 Å². The van der Waals surface area contributed by atoms with E-state index in [1.807, 2.05) is 36.4 Å². The van der Waals surface area contributed by atoms with Gasteiger partial charge in [-0.05, 0) is 54.1 Å². The summed E-state index contributed by atoms with van der Waals surface area (Å²) in [6.45, 7) is 2.01. The van der Waals surface area contributed by atoms with Gasteiger partial charge in [0.05, 0.1) is 19.3 Å². The lowest BCUT2D eigenvalue weighted by molar-refractivity contribution is -0.112. The average molecular weight is 400 g/mol. The summed E-state index contributed by atoms with van der Waals surface area (Å²) in [4.78, 5) is 24.4. The van der Waals surface area contributed by atoms with Crippen molar-refractivity contribution < 1.29 is 19.1 Å². The van der Waals surface area contributed by atoms with Crippen LogP contribution in [0.5, 0.6) is 5.75 Å². The zero-order chi connectivity index (χ0) is 21.5. The van der Waals surface area contributed by atoms with Gasteiger partial charge in [-0.25, -0.2) is 4.79 Å². The van der Waals surface area contributed by atoms with Crippen LogP contribution in [0.15, 0.2) is 66.2 Å². The average Bonchev–Trinajstić information content (AvgIpc) is 2.77. The number of rotatable bonds is 6. The monoisotopic (exact) mass is 400 g/mol. The zero-order valence-corrected chi connectivity index (χ0v) is 16.6. The highest BCUT2D eigenvalue weighted by Crippen LogP contribution is 2.30. The fraction of sp³-hybridized carbons (Fsp3) is 0.125. The predicted octanol–water partition coefficient (Wildman–Crippen LogP) is 4.57. The zero-order valence-electron chi connectivity index (χ0n) is 16.6. The molecule has 0 heterocycles.